The molecule has 4 rings (SSSR count). The number of aliphatic hydroxyl groups is 1. The predicted molar refractivity (Wildman–Crippen MR) is 94.2 cm³/mol. The molecule has 0 amide bonds. The second kappa shape index (κ2) is 5.43. The Morgan fingerprint density at radius 2 is 1.29 bits per heavy atom. The van der Waals surface area contributed by atoms with Gasteiger partial charge in [-0.05, 0) is 29.2 Å². The average Bonchev–Trinajstić information content (AvgIpc) is 2.62. The van der Waals surface area contributed by atoms with Crippen molar-refractivity contribution in [2.45, 2.75) is 18.9 Å². The maximum absolute atomic E-state index is 12.8. The van der Waals surface area contributed by atoms with E-state index in [0.29, 0.717) is 28.7 Å². The second-order valence-electron chi connectivity index (χ2n) is 6.38. The molecule has 3 aromatic carbocycles. The highest BCUT2D eigenvalue weighted by atomic mass is 16.3. The van der Waals surface area contributed by atoms with Gasteiger partial charge in [0.25, 0.3) is 0 Å². The smallest absolute Gasteiger partial charge is 0.193 e. The van der Waals surface area contributed by atoms with Crippen molar-refractivity contribution < 1.29 is 9.90 Å². The molecular formula is C22H18O2. The molecule has 0 fully saturated rings. The number of benzene rings is 3. The lowest BCUT2D eigenvalue weighted by atomic mass is 9.71. The maximum atomic E-state index is 12.8. The first-order valence-electron chi connectivity index (χ1n) is 8.12. The SMILES string of the molecule is Cc1ccccc1CC1(O)c2ccccc2C(=O)c2ccccc21. The van der Waals surface area contributed by atoms with Gasteiger partial charge in [0.05, 0.1) is 0 Å². The van der Waals surface area contributed by atoms with Crippen LogP contribution in [0, 0.1) is 6.92 Å². The second-order valence-corrected chi connectivity index (χ2v) is 6.38. The Kier molecular flexibility index (Phi) is 3.36. The fourth-order valence-electron chi connectivity index (χ4n) is 3.65. The van der Waals surface area contributed by atoms with Crippen molar-refractivity contribution in [3.63, 3.8) is 0 Å². The number of carbonyl (C=O) groups excluding carboxylic acids is 1. The molecule has 0 atom stereocenters. The minimum absolute atomic E-state index is 0.0179. The lowest BCUT2D eigenvalue weighted by Crippen LogP contribution is -2.37. The van der Waals surface area contributed by atoms with E-state index in [-0.39, 0.29) is 5.78 Å². The molecule has 2 nitrogen and oxygen atoms in total. The Morgan fingerprint density at radius 1 is 0.792 bits per heavy atom. The van der Waals surface area contributed by atoms with Gasteiger partial charge in [-0.1, -0.05) is 72.8 Å². The van der Waals surface area contributed by atoms with E-state index in [0.717, 1.165) is 11.1 Å². The van der Waals surface area contributed by atoms with Crippen LogP contribution in [0.1, 0.15) is 38.2 Å². The summed E-state index contributed by atoms with van der Waals surface area (Å²) in [6.07, 6.45) is 0.445. The van der Waals surface area contributed by atoms with Gasteiger partial charge in [0.1, 0.15) is 5.60 Å². The first-order valence-corrected chi connectivity index (χ1v) is 8.12. The summed E-state index contributed by atoms with van der Waals surface area (Å²) >= 11 is 0. The Balaban J connectivity index is 1.96. The molecule has 3 aromatic rings. The topological polar surface area (TPSA) is 37.3 Å². The number of carbonyl (C=O) groups is 1. The summed E-state index contributed by atoms with van der Waals surface area (Å²) in [5, 5.41) is 11.7. The van der Waals surface area contributed by atoms with Gasteiger partial charge < -0.3 is 5.11 Å². The summed E-state index contributed by atoms with van der Waals surface area (Å²) in [4.78, 5) is 12.8. The van der Waals surface area contributed by atoms with Crippen LogP contribution in [0.5, 0.6) is 0 Å². The largest absolute Gasteiger partial charge is 0.380 e. The van der Waals surface area contributed by atoms with Crippen molar-refractivity contribution in [2.24, 2.45) is 0 Å². The molecule has 24 heavy (non-hydrogen) atoms. The Hall–Kier alpha value is -2.71. The van der Waals surface area contributed by atoms with Gasteiger partial charge in [-0.3, -0.25) is 4.79 Å². The summed E-state index contributed by atoms with van der Waals surface area (Å²) in [6.45, 7) is 2.05. The standard InChI is InChI=1S/C22H18O2/c1-15-8-2-3-9-16(15)14-22(24)19-12-6-4-10-17(19)21(23)18-11-5-7-13-20(18)22/h2-13,24H,14H2,1H3. The predicted octanol–water partition coefficient (Wildman–Crippen LogP) is 4.02. The number of hydrogen-bond donors (Lipinski definition) is 1. The van der Waals surface area contributed by atoms with Crippen LogP contribution in [-0.2, 0) is 12.0 Å². The van der Waals surface area contributed by atoms with Crippen molar-refractivity contribution in [3.8, 4) is 0 Å². The summed E-state index contributed by atoms with van der Waals surface area (Å²) in [5.74, 6) is -0.0179. The molecule has 0 saturated carbocycles. The Bertz CT molecular complexity index is 890. The van der Waals surface area contributed by atoms with Crippen LogP contribution >= 0.6 is 0 Å². The quantitative estimate of drug-likeness (QED) is 0.776. The highest BCUT2D eigenvalue weighted by Gasteiger charge is 2.42. The van der Waals surface area contributed by atoms with Gasteiger partial charge in [0.15, 0.2) is 5.78 Å². The zero-order valence-corrected chi connectivity index (χ0v) is 13.5. The number of rotatable bonds is 2. The summed E-state index contributed by atoms with van der Waals surface area (Å²) in [7, 11) is 0. The summed E-state index contributed by atoms with van der Waals surface area (Å²) in [5.41, 5.74) is 3.58. The molecule has 0 heterocycles. The lowest BCUT2D eigenvalue weighted by Gasteiger charge is -2.36. The van der Waals surface area contributed by atoms with Crippen molar-refractivity contribution in [1.29, 1.82) is 0 Å². The molecule has 1 N–H and O–H groups in total. The molecule has 0 aromatic heterocycles. The molecule has 0 aliphatic heterocycles. The van der Waals surface area contributed by atoms with Gasteiger partial charge in [-0.15, -0.1) is 0 Å². The highest BCUT2D eigenvalue weighted by molar-refractivity contribution is 6.13. The molecule has 0 radical (unpaired) electrons. The Morgan fingerprint density at radius 3 is 1.88 bits per heavy atom. The zero-order chi connectivity index (χ0) is 16.7. The van der Waals surface area contributed by atoms with Crippen molar-refractivity contribution in [3.05, 3.63) is 106 Å². The first-order chi connectivity index (χ1) is 11.6. The van der Waals surface area contributed by atoms with Crippen molar-refractivity contribution in [1.82, 2.24) is 0 Å². The molecule has 0 bridgehead atoms. The summed E-state index contributed by atoms with van der Waals surface area (Å²) in [6, 6.07) is 22.8. The Labute approximate surface area is 141 Å². The molecule has 0 spiro atoms. The van der Waals surface area contributed by atoms with Crippen molar-refractivity contribution >= 4 is 5.78 Å². The van der Waals surface area contributed by atoms with Crippen LogP contribution in [0.2, 0.25) is 0 Å². The maximum Gasteiger partial charge on any atom is 0.193 e. The van der Waals surface area contributed by atoms with Gasteiger partial charge in [-0.2, -0.15) is 0 Å². The summed E-state index contributed by atoms with van der Waals surface area (Å²) < 4.78 is 0. The molecule has 2 heteroatoms. The fourth-order valence-corrected chi connectivity index (χ4v) is 3.65. The molecular weight excluding hydrogens is 296 g/mol. The third-order valence-electron chi connectivity index (χ3n) is 4.94. The molecule has 118 valence electrons. The number of aryl methyl sites for hydroxylation is 1. The monoisotopic (exact) mass is 314 g/mol. The van der Waals surface area contributed by atoms with E-state index in [4.69, 9.17) is 0 Å². The van der Waals surface area contributed by atoms with E-state index in [1.54, 1.807) is 12.1 Å². The van der Waals surface area contributed by atoms with Crippen LogP contribution < -0.4 is 0 Å². The van der Waals surface area contributed by atoms with E-state index in [1.807, 2.05) is 67.6 Å². The molecule has 1 aliphatic rings. The van der Waals surface area contributed by atoms with Crippen LogP contribution in [0.4, 0.5) is 0 Å². The van der Waals surface area contributed by atoms with E-state index in [9.17, 15) is 9.90 Å². The van der Waals surface area contributed by atoms with Gasteiger partial charge in [0.2, 0.25) is 0 Å². The van der Waals surface area contributed by atoms with Gasteiger partial charge >= 0.3 is 0 Å². The molecule has 0 unspecified atom stereocenters. The average molecular weight is 314 g/mol. The van der Waals surface area contributed by atoms with Crippen molar-refractivity contribution in [2.75, 3.05) is 0 Å². The first kappa shape index (κ1) is 14.9. The number of ketones is 1. The van der Waals surface area contributed by atoms with Crippen LogP contribution in [0.25, 0.3) is 0 Å². The van der Waals surface area contributed by atoms with E-state index in [1.165, 1.54) is 0 Å². The number of fused-ring (bicyclic) bond motifs is 2. The number of hydrogen-bond acceptors (Lipinski definition) is 2. The minimum Gasteiger partial charge on any atom is -0.380 e. The zero-order valence-electron chi connectivity index (χ0n) is 13.5. The molecule has 1 aliphatic carbocycles. The molecule has 0 saturated heterocycles. The van der Waals surface area contributed by atoms with Gasteiger partial charge in [0, 0.05) is 17.5 Å². The van der Waals surface area contributed by atoms with Crippen LogP contribution in [0.3, 0.4) is 0 Å². The lowest BCUT2D eigenvalue weighted by molar-refractivity contribution is 0.0719. The van der Waals surface area contributed by atoms with Crippen LogP contribution in [-0.4, -0.2) is 10.9 Å². The van der Waals surface area contributed by atoms with Crippen LogP contribution in [0.15, 0.2) is 72.8 Å². The van der Waals surface area contributed by atoms with E-state index >= 15 is 0 Å². The van der Waals surface area contributed by atoms with Gasteiger partial charge in [-0.25, -0.2) is 0 Å². The van der Waals surface area contributed by atoms with E-state index < -0.39 is 5.60 Å². The third kappa shape index (κ3) is 2.11. The van der Waals surface area contributed by atoms with E-state index in [2.05, 4.69) is 0 Å². The fraction of sp³-hybridized carbons (Fsp3) is 0.136. The third-order valence-corrected chi connectivity index (χ3v) is 4.94. The highest BCUT2D eigenvalue weighted by Crippen LogP contribution is 2.42. The minimum atomic E-state index is -1.20. The normalized spacial score (nSPS) is 14.8.